The Morgan fingerprint density at radius 3 is 2.61 bits per heavy atom. The van der Waals surface area contributed by atoms with Crippen LogP contribution in [0.4, 0.5) is 0 Å². The van der Waals surface area contributed by atoms with Gasteiger partial charge in [0.25, 0.3) is 0 Å². The van der Waals surface area contributed by atoms with Gasteiger partial charge in [-0.1, -0.05) is 6.42 Å². The van der Waals surface area contributed by atoms with Crippen molar-refractivity contribution >= 4 is 11.8 Å². The van der Waals surface area contributed by atoms with Crippen LogP contribution in [-0.4, -0.2) is 23.3 Å². The third-order valence-corrected chi connectivity index (χ3v) is 4.21. The molecular weight excluding hydrogens is 244 g/mol. The summed E-state index contributed by atoms with van der Waals surface area (Å²) in [6.45, 7) is 5.39. The first-order valence-electron chi connectivity index (χ1n) is 6.79. The van der Waals surface area contributed by atoms with Crippen LogP contribution in [0.15, 0.2) is 16.5 Å². The largest absolute Gasteiger partial charge is 0.464 e. The summed E-state index contributed by atoms with van der Waals surface area (Å²) in [5.41, 5.74) is 3.53. The van der Waals surface area contributed by atoms with Gasteiger partial charge in [-0.2, -0.15) is 11.8 Å². The Morgan fingerprint density at radius 2 is 1.94 bits per heavy atom. The Labute approximate surface area is 114 Å². The molecule has 1 aromatic heterocycles. The summed E-state index contributed by atoms with van der Waals surface area (Å²) >= 11 is 1.79. The molecule has 0 amide bonds. The minimum absolute atomic E-state index is 0.620. The third kappa shape index (κ3) is 3.53. The molecule has 102 valence electrons. The first-order chi connectivity index (χ1) is 8.70. The molecule has 2 rings (SSSR count). The molecule has 18 heavy (non-hydrogen) atoms. The van der Waals surface area contributed by atoms with Crippen molar-refractivity contribution in [3.63, 3.8) is 0 Å². The molecule has 0 aliphatic carbocycles. The Balaban J connectivity index is 1.85. The van der Waals surface area contributed by atoms with Gasteiger partial charge < -0.3 is 4.42 Å². The summed E-state index contributed by atoms with van der Waals surface area (Å²) in [5, 5.41) is 2.39. The van der Waals surface area contributed by atoms with Crippen LogP contribution in [0.1, 0.15) is 44.6 Å². The smallest absolute Gasteiger partial charge is 0.119 e. The Hall–Kier alpha value is -0.450. The van der Waals surface area contributed by atoms with Gasteiger partial charge in [-0.25, -0.2) is 10.4 Å². The van der Waals surface area contributed by atoms with Crippen molar-refractivity contribution in [2.75, 3.05) is 6.26 Å². The molecule has 1 aliphatic heterocycles. The van der Waals surface area contributed by atoms with E-state index < -0.39 is 0 Å². The van der Waals surface area contributed by atoms with Gasteiger partial charge in [-0.15, -0.1) is 0 Å². The average molecular weight is 268 g/mol. The van der Waals surface area contributed by atoms with Gasteiger partial charge in [0.2, 0.25) is 0 Å². The lowest BCUT2D eigenvalue weighted by atomic mass is 10.00. The summed E-state index contributed by atoms with van der Waals surface area (Å²) in [7, 11) is 0. The second kappa shape index (κ2) is 6.64. The van der Waals surface area contributed by atoms with E-state index in [1.165, 1.54) is 19.3 Å². The molecule has 0 bridgehead atoms. The van der Waals surface area contributed by atoms with Crippen molar-refractivity contribution in [1.82, 2.24) is 10.4 Å². The van der Waals surface area contributed by atoms with E-state index in [2.05, 4.69) is 42.7 Å². The molecule has 2 atom stereocenters. The highest BCUT2D eigenvalue weighted by Gasteiger charge is 2.24. The maximum absolute atomic E-state index is 5.78. The number of hydrogen-bond acceptors (Lipinski definition) is 4. The maximum Gasteiger partial charge on any atom is 0.119 e. The second-order valence-electron chi connectivity index (χ2n) is 5.17. The molecule has 2 heterocycles. The van der Waals surface area contributed by atoms with Crippen molar-refractivity contribution in [2.45, 2.75) is 57.5 Å². The van der Waals surface area contributed by atoms with Crippen LogP contribution in [-0.2, 0) is 12.3 Å². The first-order valence-corrected chi connectivity index (χ1v) is 8.18. The zero-order valence-electron chi connectivity index (χ0n) is 11.6. The lowest BCUT2D eigenvalue weighted by Gasteiger charge is -2.38. The number of thioether (sulfide) groups is 1. The second-order valence-corrected chi connectivity index (χ2v) is 6.04. The predicted molar refractivity (Wildman–Crippen MR) is 77.4 cm³/mol. The van der Waals surface area contributed by atoms with E-state index in [-0.39, 0.29) is 0 Å². The fraction of sp³-hybridized carbons (Fsp3) is 0.714. The number of hydrazine groups is 1. The molecule has 1 fully saturated rings. The zero-order valence-corrected chi connectivity index (χ0v) is 12.4. The summed E-state index contributed by atoms with van der Waals surface area (Å²) in [5.74, 6) is 3.05. The van der Waals surface area contributed by atoms with Crippen LogP contribution < -0.4 is 5.43 Å². The molecule has 1 saturated heterocycles. The highest BCUT2D eigenvalue weighted by Crippen LogP contribution is 2.21. The molecule has 4 heteroatoms. The lowest BCUT2D eigenvalue weighted by molar-refractivity contribution is 0.0411. The van der Waals surface area contributed by atoms with Crippen LogP contribution in [0.3, 0.4) is 0 Å². The van der Waals surface area contributed by atoms with Crippen LogP contribution >= 0.6 is 11.8 Å². The topological polar surface area (TPSA) is 28.4 Å². The van der Waals surface area contributed by atoms with Crippen molar-refractivity contribution in [1.29, 1.82) is 0 Å². The van der Waals surface area contributed by atoms with E-state index >= 15 is 0 Å². The predicted octanol–water partition coefficient (Wildman–Crippen LogP) is 3.41. The zero-order chi connectivity index (χ0) is 13.0. The Morgan fingerprint density at radius 1 is 1.28 bits per heavy atom. The summed E-state index contributed by atoms with van der Waals surface area (Å²) in [4.78, 5) is 0. The quantitative estimate of drug-likeness (QED) is 0.886. The molecule has 0 spiro atoms. The van der Waals surface area contributed by atoms with Crippen molar-refractivity contribution < 1.29 is 4.42 Å². The number of piperidine rings is 1. The molecule has 3 nitrogen and oxygen atoms in total. The fourth-order valence-electron chi connectivity index (χ4n) is 2.64. The molecule has 0 radical (unpaired) electrons. The summed E-state index contributed by atoms with van der Waals surface area (Å²) in [6, 6.07) is 5.40. The van der Waals surface area contributed by atoms with E-state index in [9.17, 15) is 0 Å². The lowest BCUT2D eigenvalue weighted by Crippen LogP contribution is -2.51. The standard InChI is InChI=1S/C14H24N2OS/c1-11-5-4-6-12(2)16(11)15-9-13-7-8-14(17-13)10-18-3/h7-8,11-12,15H,4-6,9-10H2,1-3H3. The minimum atomic E-state index is 0.620. The van der Waals surface area contributed by atoms with Gasteiger partial charge in [0, 0.05) is 12.1 Å². The van der Waals surface area contributed by atoms with Crippen molar-refractivity contribution in [3.8, 4) is 0 Å². The number of nitrogens with one attached hydrogen (secondary N) is 1. The molecule has 1 aromatic rings. The van der Waals surface area contributed by atoms with E-state index in [0.29, 0.717) is 12.1 Å². The van der Waals surface area contributed by atoms with Crippen LogP contribution in [0.5, 0.6) is 0 Å². The number of furan rings is 1. The highest BCUT2D eigenvalue weighted by molar-refractivity contribution is 7.97. The van der Waals surface area contributed by atoms with E-state index in [1.807, 2.05) is 0 Å². The average Bonchev–Trinajstić information content (AvgIpc) is 2.77. The normalized spacial score (nSPS) is 25.5. The Bertz CT molecular complexity index is 356. The monoisotopic (exact) mass is 268 g/mol. The van der Waals surface area contributed by atoms with Gasteiger partial charge in [-0.3, -0.25) is 0 Å². The van der Waals surface area contributed by atoms with Gasteiger partial charge in [0.05, 0.1) is 12.3 Å². The van der Waals surface area contributed by atoms with Crippen LogP contribution in [0.25, 0.3) is 0 Å². The van der Waals surface area contributed by atoms with Crippen molar-refractivity contribution in [2.24, 2.45) is 0 Å². The SMILES string of the molecule is CSCc1ccc(CNN2C(C)CCCC2C)o1. The fourth-order valence-corrected chi connectivity index (χ4v) is 3.08. The number of rotatable bonds is 5. The van der Waals surface area contributed by atoms with E-state index in [1.54, 1.807) is 11.8 Å². The van der Waals surface area contributed by atoms with Crippen LogP contribution in [0.2, 0.25) is 0 Å². The molecular formula is C14H24N2OS. The van der Waals surface area contributed by atoms with Crippen molar-refractivity contribution in [3.05, 3.63) is 23.7 Å². The highest BCUT2D eigenvalue weighted by atomic mass is 32.2. The first kappa shape index (κ1) is 14.0. The van der Waals surface area contributed by atoms with Crippen LogP contribution in [0, 0.1) is 0 Å². The molecule has 2 unspecified atom stereocenters. The third-order valence-electron chi connectivity index (χ3n) is 3.63. The molecule has 1 aliphatic rings. The molecule has 0 aromatic carbocycles. The molecule has 0 saturated carbocycles. The number of hydrogen-bond donors (Lipinski definition) is 1. The van der Waals surface area contributed by atoms with E-state index in [4.69, 9.17) is 4.42 Å². The summed E-state index contributed by atoms with van der Waals surface area (Å²) in [6.07, 6.45) is 6.01. The van der Waals surface area contributed by atoms with Gasteiger partial charge >= 0.3 is 0 Å². The maximum atomic E-state index is 5.78. The Kier molecular flexibility index (Phi) is 5.15. The summed E-state index contributed by atoms with van der Waals surface area (Å²) < 4.78 is 5.78. The van der Waals surface area contributed by atoms with E-state index in [0.717, 1.165) is 23.8 Å². The minimum Gasteiger partial charge on any atom is -0.464 e. The van der Waals surface area contributed by atoms with Gasteiger partial charge in [0.1, 0.15) is 11.5 Å². The molecule has 1 N–H and O–H groups in total. The van der Waals surface area contributed by atoms with Gasteiger partial charge in [-0.05, 0) is 45.1 Å². The van der Waals surface area contributed by atoms with Gasteiger partial charge in [0.15, 0.2) is 0 Å². The number of nitrogens with zero attached hydrogens (tertiary/aromatic N) is 1.